The molecule has 1 rings (SSSR count). The molecule has 1 unspecified atom stereocenters. The lowest BCUT2D eigenvalue weighted by molar-refractivity contribution is 0.0244. The van der Waals surface area contributed by atoms with Crippen LogP contribution < -0.4 is 0 Å². The van der Waals surface area contributed by atoms with Gasteiger partial charge < -0.3 is 9.47 Å². The Bertz CT molecular complexity index is 227. The van der Waals surface area contributed by atoms with E-state index in [-0.39, 0.29) is 0 Å². The topological polar surface area (TPSA) is 38.5 Å². The Morgan fingerprint density at radius 1 is 1.50 bits per heavy atom. The first kappa shape index (κ1) is 11.2. The summed E-state index contributed by atoms with van der Waals surface area (Å²) in [6, 6.07) is 0. The summed E-state index contributed by atoms with van der Waals surface area (Å²) in [6.45, 7) is 7.33. The molecule has 0 spiro atoms. The molecule has 0 radical (unpaired) electrons. The van der Waals surface area contributed by atoms with Crippen LogP contribution in [0, 0.1) is 0 Å². The molecule has 1 heterocycles. The Hall–Kier alpha value is -0.840. The maximum atomic E-state index is 13.0. The summed E-state index contributed by atoms with van der Waals surface area (Å²) < 4.78 is 22.9. The van der Waals surface area contributed by atoms with Gasteiger partial charge in [-0.05, 0) is 27.7 Å². The van der Waals surface area contributed by atoms with Crippen LogP contribution in [0.2, 0.25) is 0 Å². The molecule has 2 atom stereocenters. The van der Waals surface area contributed by atoms with Gasteiger partial charge in [0.25, 0.3) is 0 Å². The Kier molecular flexibility index (Phi) is 2.99. The molecule has 1 fully saturated rings. The third-order valence-electron chi connectivity index (χ3n) is 1.63. The number of amides is 1. The van der Waals surface area contributed by atoms with Crippen LogP contribution >= 0.6 is 0 Å². The number of hydrogen-bond donors (Lipinski definition) is 0. The summed E-state index contributed by atoms with van der Waals surface area (Å²) in [5.41, 5.74) is -0.601. The zero-order valence-electron chi connectivity index (χ0n) is 8.91. The van der Waals surface area contributed by atoms with Crippen LogP contribution in [0.25, 0.3) is 0 Å². The average Bonchev–Trinajstić information content (AvgIpc) is 2.58. The zero-order valence-corrected chi connectivity index (χ0v) is 8.91. The summed E-state index contributed by atoms with van der Waals surface area (Å²) in [5.74, 6) is 0. The average molecular weight is 205 g/mol. The Balaban J connectivity index is 2.41. The van der Waals surface area contributed by atoms with Crippen molar-refractivity contribution in [2.75, 3.05) is 6.61 Å². The van der Waals surface area contributed by atoms with Gasteiger partial charge in [0.15, 0.2) is 6.23 Å². The summed E-state index contributed by atoms with van der Waals surface area (Å²) >= 11 is 0. The van der Waals surface area contributed by atoms with E-state index in [9.17, 15) is 9.18 Å². The lowest BCUT2D eigenvalue weighted by atomic mass is 10.2. The molecule has 0 saturated carbocycles. The number of hydrogen-bond acceptors (Lipinski definition) is 3. The van der Waals surface area contributed by atoms with E-state index in [0.717, 1.165) is 4.90 Å². The third-order valence-corrected chi connectivity index (χ3v) is 1.63. The van der Waals surface area contributed by atoms with E-state index in [1.165, 1.54) is 0 Å². The molecule has 1 aliphatic heterocycles. The molecule has 82 valence electrons. The summed E-state index contributed by atoms with van der Waals surface area (Å²) in [4.78, 5) is 12.2. The van der Waals surface area contributed by atoms with Crippen molar-refractivity contribution in [1.82, 2.24) is 4.90 Å². The molecule has 0 N–H and O–H groups in total. The molecule has 14 heavy (non-hydrogen) atoms. The molecule has 1 saturated heterocycles. The summed E-state index contributed by atoms with van der Waals surface area (Å²) in [5, 5.41) is 0. The van der Waals surface area contributed by atoms with Crippen molar-refractivity contribution in [2.24, 2.45) is 0 Å². The third kappa shape index (κ3) is 2.57. The van der Waals surface area contributed by atoms with Gasteiger partial charge in [0.05, 0.1) is 0 Å². The summed E-state index contributed by atoms with van der Waals surface area (Å²) in [7, 11) is 0. The lowest BCUT2D eigenvalue weighted by Gasteiger charge is -2.19. The zero-order chi connectivity index (χ0) is 10.9. The smallest absolute Gasteiger partial charge is 0.414 e. The minimum absolute atomic E-state index is 0.379. The predicted octanol–water partition coefficient (Wildman–Crippen LogP) is 1.90. The van der Waals surface area contributed by atoms with Gasteiger partial charge in [0.1, 0.15) is 5.60 Å². The van der Waals surface area contributed by atoms with E-state index in [4.69, 9.17) is 9.47 Å². The maximum absolute atomic E-state index is 13.0. The second-order valence-corrected chi connectivity index (χ2v) is 4.11. The molecule has 4 nitrogen and oxygen atoms in total. The van der Waals surface area contributed by atoms with Crippen molar-refractivity contribution in [1.29, 1.82) is 0 Å². The van der Waals surface area contributed by atoms with Crippen LogP contribution in [-0.4, -0.2) is 35.7 Å². The first-order chi connectivity index (χ1) is 6.37. The van der Waals surface area contributed by atoms with Gasteiger partial charge >= 0.3 is 6.09 Å². The number of carbonyl (C=O) groups excluding carboxylic acids is 1. The molecule has 0 bridgehead atoms. The largest absolute Gasteiger partial charge is 0.444 e. The van der Waals surface area contributed by atoms with E-state index >= 15 is 0 Å². The number of ether oxygens (including phenoxy) is 2. The van der Waals surface area contributed by atoms with Crippen LogP contribution in [-0.2, 0) is 9.47 Å². The molecular weight excluding hydrogens is 189 g/mol. The molecule has 5 heteroatoms. The van der Waals surface area contributed by atoms with Gasteiger partial charge in [-0.2, -0.15) is 0 Å². The van der Waals surface area contributed by atoms with Crippen molar-refractivity contribution >= 4 is 6.09 Å². The second kappa shape index (κ2) is 3.73. The van der Waals surface area contributed by atoms with Crippen LogP contribution in [0.3, 0.4) is 0 Å². The molecule has 0 aromatic carbocycles. The molecule has 0 aliphatic carbocycles. The Labute approximate surface area is 83.0 Å². The first-order valence-corrected chi connectivity index (χ1v) is 4.64. The first-order valence-electron chi connectivity index (χ1n) is 4.64. The number of halogens is 1. The fraction of sp³-hybridized carbons (Fsp3) is 0.889. The van der Waals surface area contributed by atoms with Crippen molar-refractivity contribution in [3.8, 4) is 0 Å². The number of rotatable bonds is 2. The Morgan fingerprint density at radius 2 is 2.07 bits per heavy atom. The van der Waals surface area contributed by atoms with Gasteiger partial charge in [-0.25, -0.2) is 14.1 Å². The van der Waals surface area contributed by atoms with E-state index in [1.54, 1.807) is 27.7 Å². The quantitative estimate of drug-likeness (QED) is 0.510. The molecule has 1 amide bonds. The monoisotopic (exact) mass is 205 g/mol. The highest BCUT2D eigenvalue weighted by atomic mass is 19.1. The minimum Gasteiger partial charge on any atom is -0.444 e. The van der Waals surface area contributed by atoms with Gasteiger partial charge in [-0.3, -0.25) is 0 Å². The molecule has 0 aromatic heterocycles. The number of carbonyl (C=O) groups is 1. The fourth-order valence-corrected chi connectivity index (χ4v) is 1.03. The molecular formula is C9H16FNO3. The van der Waals surface area contributed by atoms with Crippen molar-refractivity contribution in [2.45, 2.75) is 45.8 Å². The van der Waals surface area contributed by atoms with Gasteiger partial charge in [0, 0.05) is 6.61 Å². The van der Waals surface area contributed by atoms with E-state index in [0.29, 0.717) is 6.61 Å². The van der Waals surface area contributed by atoms with Crippen molar-refractivity contribution in [3.05, 3.63) is 0 Å². The van der Waals surface area contributed by atoms with Gasteiger partial charge in [0.2, 0.25) is 6.30 Å². The van der Waals surface area contributed by atoms with Crippen molar-refractivity contribution in [3.63, 3.8) is 0 Å². The minimum atomic E-state index is -1.36. The van der Waals surface area contributed by atoms with Crippen LogP contribution in [0.4, 0.5) is 9.18 Å². The second-order valence-electron chi connectivity index (χ2n) is 4.11. The van der Waals surface area contributed by atoms with Crippen LogP contribution in [0.1, 0.15) is 27.7 Å². The fourth-order valence-electron chi connectivity index (χ4n) is 1.03. The molecule has 0 aromatic rings. The van der Waals surface area contributed by atoms with E-state index in [1.807, 2.05) is 0 Å². The maximum Gasteiger partial charge on any atom is 0.414 e. The number of nitrogens with zero attached hydrogens (tertiary/aromatic N) is 1. The highest BCUT2D eigenvalue weighted by molar-refractivity contribution is 5.71. The van der Waals surface area contributed by atoms with Gasteiger partial charge in [-0.1, -0.05) is 0 Å². The lowest BCUT2D eigenvalue weighted by Crippen LogP contribution is -2.28. The SMILES string of the molecule is CCO[C@@H]1C(F)N1C(=O)OC(C)(C)C. The van der Waals surface area contributed by atoms with Crippen LogP contribution in [0.5, 0.6) is 0 Å². The summed E-state index contributed by atoms with van der Waals surface area (Å²) in [6.07, 6.45) is -2.77. The van der Waals surface area contributed by atoms with E-state index < -0.39 is 24.2 Å². The number of alkyl halides is 1. The predicted molar refractivity (Wildman–Crippen MR) is 48.4 cm³/mol. The standard InChI is InChI=1S/C9H16FNO3/c1-5-13-7-6(10)11(7)8(12)14-9(2,3)4/h6-7H,5H2,1-4H3/t6?,7-,11?/m1/s1. The van der Waals surface area contributed by atoms with E-state index in [2.05, 4.69) is 0 Å². The Morgan fingerprint density at radius 3 is 2.50 bits per heavy atom. The van der Waals surface area contributed by atoms with Crippen LogP contribution in [0.15, 0.2) is 0 Å². The highest BCUT2D eigenvalue weighted by Crippen LogP contribution is 2.32. The normalized spacial score (nSPS) is 26.2. The van der Waals surface area contributed by atoms with Crippen molar-refractivity contribution < 1.29 is 18.7 Å². The van der Waals surface area contributed by atoms with Gasteiger partial charge in [-0.15, -0.1) is 0 Å². The highest BCUT2D eigenvalue weighted by Gasteiger charge is 2.55. The molecule has 1 aliphatic rings.